The van der Waals surface area contributed by atoms with Gasteiger partial charge in [0.15, 0.2) is 0 Å². The zero-order chi connectivity index (χ0) is 12.5. The number of hydrogen-bond acceptors (Lipinski definition) is 2. The lowest BCUT2D eigenvalue weighted by Gasteiger charge is -2.34. The number of amides is 1. The minimum absolute atomic E-state index is 0.124. The average Bonchev–Trinajstić information content (AvgIpc) is 2.80. The Balaban J connectivity index is 1.94. The maximum Gasteiger partial charge on any atom is 0.393 e. The quantitative estimate of drug-likeness (QED) is 0.713. The van der Waals surface area contributed by atoms with Crippen molar-refractivity contribution in [3.8, 4) is 0 Å². The summed E-state index contributed by atoms with van der Waals surface area (Å²) in [6.07, 6.45) is -2.72. The smallest absolute Gasteiger partial charge is 0.368 e. The Kier molecular flexibility index (Phi) is 3.61. The first-order valence-corrected chi connectivity index (χ1v) is 5.95. The Bertz CT molecular complexity index is 287. The first-order valence-electron chi connectivity index (χ1n) is 5.95. The summed E-state index contributed by atoms with van der Waals surface area (Å²) in [6.45, 7) is 0.750. The third-order valence-electron chi connectivity index (χ3n) is 3.40. The summed E-state index contributed by atoms with van der Waals surface area (Å²) in [7, 11) is 0. The van der Waals surface area contributed by atoms with Crippen molar-refractivity contribution in [2.45, 2.75) is 38.0 Å². The molecule has 0 aromatic carbocycles. The van der Waals surface area contributed by atoms with E-state index in [0.29, 0.717) is 26.0 Å². The molecule has 0 aromatic rings. The monoisotopic (exact) mass is 251 g/mol. The molecule has 2 aliphatic rings. The molecule has 0 N–H and O–H groups in total. The molecule has 0 bridgehead atoms. The number of halogens is 3. The maximum absolute atomic E-state index is 12.6. The van der Waals surface area contributed by atoms with E-state index in [1.165, 1.54) is 4.90 Å². The van der Waals surface area contributed by atoms with Crippen LogP contribution in [0.1, 0.15) is 25.7 Å². The molecule has 3 nitrogen and oxygen atoms in total. The van der Waals surface area contributed by atoms with Gasteiger partial charge in [-0.15, -0.1) is 0 Å². The number of likely N-dealkylation sites (tertiary alicyclic amines) is 1. The number of carbonyl (C=O) groups excluding carboxylic acids is 1. The fourth-order valence-corrected chi connectivity index (χ4v) is 2.42. The van der Waals surface area contributed by atoms with Crippen molar-refractivity contribution in [1.29, 1.82) is 0 Å². The number of alkyl halides is 3. The van der Waals surface area contributed by atoms with Gasteiger partial charge in [-0.3, -0.25) is 4.79 Å². The molecule has 0 aromatic heterocycles. The summed E-state index contributed by atoms with van der Waals surface area (Å²) >= 11 is 0. The summed E-state index contributed by atoms with van der Waals surface area (Å²) in [5.74, 6) is -1.64. The highest BCUT2D eigenvalue weighted by molar-refractivity contribution is 5.81. The highest BCUT2D eigenvalue weighted by atomic mass is 19.4. The lowest BCUT2D eigenvalue weighted by Crippen LogP contribution is -2.48. The minimum Gasteiger partial charge on any atom is -0.368 e. The SMILES string of the molecule is O=C([C@@H]1CCCO1)N1CCC[C@@H](C(F)(F)F)C1. The second-order valence-corrected chi connectivity index (χ2v) is 4.67. The molecule has 2 rings (SSSR count). The molecule has 2 saturated heterocycles. The van der Waals surface area contributed by atoms with Gasteiger partial charge in [0.05, 0.1) is 5.92 Å². The van der Waals surface area contributed by atoms with E-state index in [1.807, 2.05) is 0 Å². The average molecular weight is 251 g/mol. The Morgan fingerprint density at radius 3 is 2.59 bits per heavy atom. The predicted molar refractivity (Wildman–Crippen MR) is 54.3 cm³/mol. The number of nitrogens with zero attached hydrogens (tertiary/aromatic N) is 1. The van der Waals surface area contributed by atoms with Crippen LogP contribution >= 0.6 is 0 Å². The van der Waals surface area contributed by atoms with Gasteiger partial charge in [-0.1, -0.05) is 0 Å². The summed E-state index contributed by atoms with van der Waals surface area (Å²) in [6, 6.07) is 0. The van der Waals surface area contributed by atoms with E-state index in [4.69, 9.17) is 4.74 Å². The van der Waals surface area contributed by atoms with Crippen LogP contribution in [-0.2, 0) is 9.53 Å². The Morgan fingerprint density at radius 2 is 2.00 bits per heavy atom. The van der Waals surface area contributed by atoms with Crippen LogP contribution in [0.15, 0.2) is 0 Å². The molecular weight excluding hydrogens is 235 g/mol. The Labute approximate surface area is 97.9 Å². The van der Waals surface area contributed by atoms with Crippen molar-refractivity contribution in [2.75, 3.05) is 19.7 Å². The Morgan fingerprint density at radius 1 is 1.24 bits per heavy atom. The van der Waals surface area contributed by atoms with Crippen LogP contribution in [0.4, 0.5) is 13.2 Å². The molecule has 2 atom stereocenters. The van der Waals surface area contributed by atoms with E-state index >= 15 is 0 Å². The minimum atomic E-state index is -4.20. The molecule has 0 unspecified atom stereocenters. The molecule has 0 spiro atoms. The van der Waals surface area contributed by atoms with E-state index < -0.39 is 18.2 Å². The molecule has 0 radical (unpaired) electrons. The summed E-state index contributed by atoms with van der Waals surface area (Å²) < 4.78 is 43.0. The maximum atomic E-state index is 12.6. The normalized spacial score (nSPS) is 30.6. The van der Waals surface area contributed by atoms with Crippen LogP contribution in [0.25, 0.3) is 0 Å². The summed E-state index contributed by atoms with van der Waals surface area (Å²) in [4.78, 5) is 13.2. The molecular formula is C11H16F3NO2. The van der Waals surface area contributed by atoms with Crippen molar-refractivity contribution in [2.24, 2.45) is 5.92 Å². The zero-order valence-electron chi connectivity index (χ0n) is 9.50. The standard InChI is InChI=1S/C11H16F3NO2/c12-11(13,14)8-3-1-5-15(7-8)10(16)9-4-2-6-17-9/h8-9H,1-7H2/t8-,9+/m1/s1. The summed E-state index contributed by atoms with van der Waals surface area (Å²) in [5, 5.41) is 0. The molecule has 0 aliphatic carbocycles. The molecule has 2 fully saturated rings. The molecule has 0 saturated carbocycles. The topological polar surface area (TPSA) is 29.5 Å². The molecule has 17 heavy (non-hydrogen) atoms. The van der Waals surface area contributed by atoms with Crippen molar-refractivity contribution < 1.29 is 22.7 Å². The van der Waals surface area contributed by atoms with Gasteiger partial charge in [0.2, 0.25) is 0 Å². The predicted octanol–water partition coefficient (Wildman–Crippen LogP) is 1.97. The highest BCUT2D eigenvalue weighted by Gasteiger charge is 2.43. The number of ether oxygens (including phenoxy) is 1. The highest BCUT2D eigenvalue weighted by Crippen LogP contribution is 2.33. The van der Waals surface area contributed by atoms with Crippen molar-refractivity contribution >= 4 is 5.91 Å². The molecule has 2 heterocycles. The van der Waals surface area contributed by atoms with E-state index in [1.54, 1.807) is 0 Å². The first kappa shape index (κ1) is 12.7. The van der Waals surface area contributed by atoms with Gasteiger partial charge in [0.25, 0.3) is 5.91 Å². The third kappa shape index (κ3) is 2.91. The van der Waals surface area contributed by atoms with E-state index in [9.17, 15) is 18.0 Å². The van der Waals surface area contributed by atoms with Crippen molar-refractivity contribution in [3.05, 3.63) is 0 Å². The largest absolute Gasteiger partial charge is 0.393 e. The van der Waals surface area contributed by atoms with Gasteiger partial charge >= 0.3 is 6.18 Å². The number of carbonyl (C=O) groups is 1. The van der Waals surface area contributed by atoms with Crippen LogP contribution in [0.3, 0.4) is 0 Å². The number of piperidine rings is 1. The van der Waals surface area contributed by atoms with E-state index in [-0.39, 0.29) is 18.9 Å². The zero-order valence-corrected chi connectivity index (χ0v) is 9.50. The van der Waals surface area contributed by atoms with Crippen LogP contribution in [0.2, 0.25) is 0 Å². The fourth-order valence-electron chi connectivity index (χ4n) is 2.42. The van der Waals surface area contributed by atoms with E-state index in [2.05, 4.69) is 0 Å². The van der Waals surface area contributed by atoms with E-state index in [0.717, 1.165) is 6.42 Å². The molecule has 1 amide bonds. The van der Waals surface area contributed by atoms with Gasteiger partial charge < -0.3 is 9.64 Å². The first-order chi connectivity index (χ1) is 7.98. The Hall–Kier alpha value is -0.780. The van der Waals surface area contributed by atoms with Crippen LogP contribution in [0.5, 0.6) is 0 Å². The molecule has 6 heteroatoms. The van der Waals surface area contributed by atoms with Gasteiger partial charge in [0, 0.05) is 19.7 Å². The summed E-state index contributed by atoms with van der Waals surface area (Å²) in [5.41, 5.74) is 0. The van der Waals surface area contributed by atoms with Crippen molar-refractivity contribution in [1.82, 2.24) is 4.90 Å². The van der Waals surface area contributed by atoms with Gasteiger partial charge in [-0.25, -0.2) is 0 Å². The lowest BCUT2D eigenvalue weighted by molar-refractivity contribution is -0.189. The number of hydrogen-bond donors (Lipinski definition) is 0. The van der Waals surface area contributed by atoms with Crippen LogP contribution in [0, 0.1) is 5.92 Å². The van der Waals surface area contributed by atoms with Gasteiger partial charge in [0.1, 0.15) is 6.10 Å². The van der Waals surface area contributed by atoms with Crippen LogP contribution in [-0.4, -0.2) is 42.8 Å². The van der Waals surface area contributed by atoms with Gasteiger partial charge in [-0.2, -0.15) is 13.2 Å². The second kappa shape index (κ2) is 4.84. The second-order valence-electron chi connectivity index (χ2n) is 4.67. The van der Waals surface area contributed by atoms with Gasteiger partial charge in [-0.05, 0) is 25.7 Å². The fraction of sp³-hybridized carbons (Fsp3) is 0.909. The number of rotatable bonds is 1. The van der Waals surface area contributed by atoms with Crippen LogP contribution < -0.4 is 0 Å². The third-order valence-corrected chi connectivity index (χ3v) is 3.40. The molecule has 2 aliphatic heterocycles. The molecule has 98 valence electrons. The van der Waals surface area contributed by atoms with Crippen molar-refractivity contribution in [3.63, 3.8) is 0 Å². The lowest BCUT2D eigenvalue weighted by atomic mass is 9.97.